The van der Waals surface area contributed by atoms with E-state index in [1.54, 1.807) is 17.7 Å². The van der Waals surface area contributed by atoms with Gasteiger partial charge >= 0.3 is 0 Å². The zero-order valence-corrected chi connectivity index (χ0v) is 25.7. The second-order valence-corrected chi connectivity index (χ2v) is 14.1. The summed E-state index contributed by atoms with van der Waals surface area (Å²) in [6, 6.07) is 2.07. The van der Waals surface area contributed by atoms with E-state index in [2.05, 4.69) is 124 Å². The molecule has 2 N–H and O–H groups in total. The van der Waals surface area contributed by atoms with E-state index in [1.807, 2.05) is 23.3 Å². The van der Waals surface area contributed by atoms with Crippen molar-refractivity contribution in [2.75, 3.05) is 0 Å². The summed E-state index contributed by atoms with van der Waals surface area (Å²) in [7, 11) is 0. The fourth-order valence-corrected chi connectivity index (χ4v) is 3.83. The number of aromatic amines is 2. The van der Waals surface area contributed by atoms with Gasteiger partial charge < -0.3 is 4.98 Å². The molecule has 0 spiro atoms. The van der Waals surface area contributed by atoms with Gasteiger partial charge in [-0.25, -0.2) is 9.97 Å². The van der Waals surface area contributed by atoms with Crippen LogP contribution in [0.3, 0.4) is 0 Å². The number of thiazole rings is 1. The highest BCUT2D eigenvalue weighted by Crippen LogP contribution is 2.24. The lowest BCUT2D eigenvalue weighted by Crippen LogP contribution is -2.13. The van der Waals surface area contributed by atoms with Gasteiger partial charge in [0, 0.05) is 44.6 Å². The fourth-order valence-electron chi connectivity index (χ4n) is 2.42. The van der Waals surface area contributed by atoms with Crippen molar-refractivity contribution >= 4 is 22.9 Å². The Labute approximate surface area is 225 Å². The maximum atomic E-state index is 4.23. The van der Waals surface area contributed by atoms with Crippen LogP contribution in [0, 0.1) is 0 Å². The summed E-state index contributed by atoms with van der Waals surface area (Å²) in [5.74, 6) is 0.933. The van der Waals surface area contributed by atoms with Gasteiger partial charge in [-0.15, -0.1) is 11.3 Å². The predicted molar refractivity (Wildman–Crippen MR) is 154 cm³/mol. The zero-order chi connectivity index (χ0) is 27.6. The van der Waals surface area contributed by atoms with Gasteiger partial charge in [-0.05, 0) is 23.0 Å². The van der Waals surface area contributed by atoms with Crippen LogP contribution in [0.25, 0.3) is 0 Å². The molecule has 4 rings (SSSR count). The van der Waals surface area contributed by atoms with Crippen LogP contribution in [-0.2, 0) is 21.7 Å². The van der Waals surface area contributed by atoms with Crippen LogP contribution < -0.4 is 0 Å². The first-order valence-electron chi connectivity index (χ1n) is 12.1. The van der Waals surface area contributed by atoms with Gasteiger partial charge in [-0.2, -0.15) is 9.47 Å². The topological polar surface area (TPSA) is 96.0 Å². The van der Waals surface area contributed by atoms with Crippen LogP contribution in [0.2, 0.25) is 0 Å². The van der Waals surface area contributed by atoms with Gasteiger partial charge in [0.15, 0.2) is 0 Å². The number of nitrogens with zero attached hydrogens (tertiary/aromatic N) is 5. The molecule has 0 aromatic carbocycles. The standard InChI is InChI=1S/C7H12N2.2C7H11NS.C6H11N3/c2*1-7(2,3)6-4-8-5-9-6;1-7(2,3)6-4-5-9-8-6;1-6(2,3)5-7-4-8-9-5/h4-5H,1-3H3,(H,8,9);2*4-5H,1-3H3;4H,1-3H3,(H,7,8,9). The molecule has 4 aromatic rings. The Bertz CT molecular complexity index is 863. The highest BCUT2D eigenvalue weighted by molar-refractivity contribution is 7.09. The van der Waals surface area contributed by atoms with Crippen LogP contribution in [0.15, 0.2) is 42.0 Å². The lowest BCUT2D eigenvalue weighted by Gasteiger charge is -2.14. The van der Waals surface area contributed by atoms with Crippen LogP contribution in [0.5, 0.6) is 0 Å². The lowest BCUT2D eigenvalue weighted by molar-refractivity contribution is 0.548. The van der Waals surface area contributed by atoms with Gasteiger partial charge in [0.05, 0.1) is 17.5 Å². The van der Waals surface area contributed by atoms with E-state index in [9.17, 15) is 0 Å². The molecule has 4 aromatic heterocycles. The van der Waals surface area contributed by atoms with Gasteiger partial charge in [-0.1, -0.05) is 83.1 Å². The molecular weight excluding hydrogens is 486 g/mol. The number of nitrogens with one attached hydrogen (secondary N) is 2. The maximum absolute atomic E-state index is 4.23. The highest BCUT2D eigenvalue weighted by Gasteiger charge is 2.16. The van der Waals surface area contributed by atoms with E-state index in [0.29, 0.717) is 0 Å². The van der Waals surface area contributed by atoms with Crippen molar-refractivity contribution < 1.29 is 0 Å². The molecule has 0 amide bonds. The fraction of sp³-hybridized carbons (Fsp3) is 0.593. The molecule has 0 aliphatic rings. The molecule has 0 unspecified atom stereocenters. The molecule has 9 heteroatoms. The maximum Gasteiger partial charge on any atom is 0.137 e. The lowest BCUT2D eigenvalue weighted by atomic mass is 9.93. The van der Waals surface area contributed by atoms with Crippen LogP contribution >= 0.6 is 22.9 Å². The molecule has 0 aliphatic carbocycles. The third-order valence-corrected chi connectivity index (χ3v) is 6.57. The Balaban J connectivity index is 0.000000240. The summed E-state index contributed by atoms with van der Waals surface area (Å²) < 4.78 is 4.23. The smallest absolute Gasteiger partial charge is 0.137 e. The monoisotopic (exact) mass is 531 g/mol. The van der Waals surface area contributed by atoms with Crippen LogP contribution in [0.4, 0.5) is 0 Å². The summed E-state index contributed by atoms with van der Waals surface area (Å²) in [4.78, 5) is 16.4. The first-order chi connectivity index (χ1) is 16.4. The quantitative estimate of drug-likeness (QED) is 0.242. The molecule has 0 atom stereocenters. The molecule has 0 saturated carbocycles. The van der Waals surface area contributed by atoms with Gasteiger partial charge in [0.1, 0.15) is 12.2 Å². The molecule has 0 bridgehead atoms. The molecular formula is C27H45N7S2. The number of rotatable bonds is 0. The van der Waals surface area contributed by atoms with Crippen molar-refractivity contribution in [1.29, 1.82) is 0 Å². The van der Waals surface area contributed by atoms with Crippen LogP contribution in [-0.4, -0.2) is 34.5 Å². The average Bonchev–Trinajstić information content (AvgIpc) is 3.57. The average molecular weight is 532 g/mol. The second kappa shape index (κ2) is 13.2. The van der Waals surface area contributed by atoms with Crippen molar-refractivity contribution in [2.24, 2.45) is 0 Å². The molecule has 0 fully saturated rings. The zero-order valence-electron chi connectivity index (χ0n) is 24.1. The highest BCUT2D eigenvalue weighted by atomic mass is 32.1. The summed E-state index contributed by atoms with van der Waals surface area (Å²) in [5, 5.41) is 8.58. The minimum Gasteiger partial charge on any atom is -0.348 e. The van der Waals surface area contributed by atoms with E-state index in [1.165, 1.54) is 34.1 Å². The Morgan fingerprint density at radius 1 is 0.750 bits per heavy atom. The molecule has 0 radical (unpaired) electrons. The van der Waals surface area contributed by atoms with Crippen molar-refractivity contribution in [1.82, 2.24) is 34.5 Å². The second-order valence-electron chi connectivity index (χ2n) is 12.5. The van der Waals surface area contributed by atoms with Crippen LogP contribution in [0.1, 0.15) is 105 Å². The summed E-state index contributed by atoms with van der Waals surface area (Å²) in [6.07, 6.45) is 7.03. The molecule has 36 heavy (non-hydrogen) atoms. The first kappa shape index (κ1) is 31.6. The minimum atomic E-state index is 0.0938. The van der Waals surface area contributed by atoms with E-state index in [0.717, 1.165) is 5.82 Å². The number of imidazole rings is 1. The SMILES string of the molecule is CC(C)(C)c1ccsn1.CC(C)(C)c1cnc[nH]1.CC(C)(C)c1cncs1.CC(C)(C)c1ncn[nH]1. The molecule has 0 saturated heterocycles. The molecule has 4 heterocycles. The molecule has 7 nitrogen and oxygen atoms in total. The van der Waals surface area contributed by atoms with Gasteiger partial charge in [-0.3, -0.25) is 10.1 Å². The third kappa shape index (κ3) is 12.0. The summed E-state index contributed by atoms with van der Waals surface area (Å²) in [6.45, 7) is 25.8. The van der Waals surface area contributed by atoms with Crippen molar-refractivity contribution in [3.05, 3.63) is 64.1 Å². The number of hydrogen-bond donors (Lipinski definition) is 2. The largest absolute Gasteiger partial charge is 0.348 e. The third-order valence-electron chi connectivity index (χ3n) is 4.81. The Morgan fingerprint density at radius 3 is 1.64 bits per heavy atom. The minimum absolute atomic E-state index is 0.0938. The van der Waals surface area contributed by atoms with Gasteiger partial charge in [0.2, 0.25) is 0 Å². The predicted octanol–water partition coefficient (Wildman–Crippen LogP) is 7.69. The van der Waals surface area contributed by atoms with Crippen molar-refractivity contribution in [3.63, 3.8) is 0 Å². The van der Waals surface area contributed by atoms with Crippen molar-refractivity contribution in [2.45, 2.75) is 105 Å². The number of H-pyrrole nitrogens is 2. The normalized spacial score (nSPS) is 11.9. The molecule has 200 valence electrons. The van der Waals surface area contributed by atoms with Gasteiger partial charge in [0.25, 0.3) is 0 Å². The Kier molecular flexibility index (Phi) is 11.6. The van der Waals surface area contributed by atoms with E-state index >= 15 is 0 Å². The number of aromatic nitrogens is 7. The van der Waals surface area contributed by atoms with E-state index in [-0.39, 0.29) is 21.7 Å². The van der Waals surface area contributed by atoms with Crippen molar-refractivity contribution in [3.8, 4) is 0 Å². The van der Waals surface area contributed by atoms with E-state index in [4.69, 9.17) is 0 Å². The van der Waals surface area contributed by atoms with E-state index < -0.39 is 0 Å². The first-order valence-corrected chi connectivity index (χ1v) is 13.8. The molecule has 0 aliphatic heterocycles. The Hall–Kier alpha value is -2.39. The summed E-state index contributed by atoms with van der Waals surface area (Å²) in [5.41, 5.74) is 5.05. The Morgan fingerprint density at radius 2 is 1.42 bits per heavy atom. The summed E-state index contributed by atoms with van der Waals surface area (Å²) >= 11 is 3.24. The number of hydrogen-bond acceptors (Lipinski definition) is 7.